The van der Waals surface area contributed by atoms with Gasteiger partial charge in [-0.25, -0.2) is 8.42 Å². The average Bonchev–Trinajstić information content (AvgIpc) is 2.59. The van der Waals surface area contributed by atoms with Crippen LogP contribution in [-0.4, -0.2) is 43.8 Å². The Morgan fingerprint density at radius 3 is 1.88 bits per heavy atom. The molecule has 0 N–H and O–H groups in total. The molecule has 0 radical (unpaired) electrons. The Morgan fingerprint density at radius 1 is 0.800 bits per heavy atom. The highest BCUT2D eigenvalue weighted by atomic mass is 32.2. The molecular formula is C20H26N2O2S. The number of sulfonamides is 1. The zero-order chi connectivity index (χ0) is 17.9. The first kappa shape index (κ1) is 18.1. The van der Waals surface area contributed by atoms with Crippen LogP contribution in [-0.2, 0) is 22.3 Å². The lowest BCUT2D eigenvalue weighted by Crippen LogP contribution is -2.48. The lowest BCUT2D eigenvalue weighted by Gasteiger charge is -2.34. The molecule has 0 aromatic heterocycles. The average molecular weight is 359 g/mol. The normalized spacial score (nSPS) is 16.9. The van der Waals surface area contributed by atoms with Crippen molar-refractivity contribution in [1.29, 1.82) is 0 Å². The largest absolute Gasteiger partial charge is 0.296 e. The Morgan fingerprint density at radius 2 is 1.32 bits per heavy atom. The lowest BCUT2D eigenvalue weighted by molar-refractivity contribution is 0.181. The maximum Gasteiger partial charge on any atom is 0.218 e. The molecule has 0 unspecified atom stereocenters. The fourth-order valence-corrected chi connectivity index (χ4v) is 4.87. The van der Waals surface area contributed by atoms with E-state index in [1.165, 1.54) is 11.1 Å². The summed E-state index contributed by atoms with van der Waals surface area (Å²) < 4.78 is 27.1. The summed E-state index contributed by atoms with van der Waals surface area (Å²) in [6, 6.07) is 16.1. The van der Waals surface area contributed by atoms with Crippen LogP contribution in [0.3, 0.4) is 0 Å². The van der Waals surface area contributed by atoms with Crippen LogP contribution < -0.4 is 0 Å². The van der Waals surface area contributed by atoms with Crippen LogP contribution in [0.1, 0.15) is 22.3 Å². The fourth-order valence-electron chi connectivity index (χ4n) is 3.25. The first-order valence-corrected chi connectivity index (χ1v) is 10.4. The summed E-state index contributed by atoms with van der Waals surface area (Å²) in [4.78, 5) is 2.34. The summed E-state index contributed by atoms with van der Waals surface area (Å²) in [5.41, 5.74) is 4.53. The van der Waals surface area contributed by atoms with E-state index in [0.29, 0.717) is 13.1 Å². The molecule has 0 saturated carbocycles. The van der Waals surface area contributed by atoms with Crippen molar-refractivity contribution < 1.29 is 8.42 Å². The number of rotatable bonds is 5. The SMILES string of the molecule is Cc1ccccc1CN1CCN(S(=O)(=O)Cc2ccccc2C)CC1. The molecule has 25 heavy (non-hydrogen) atoms. The van der Waals surface area contributed by atoms with E-state index >= 15 is 0 Å². The van der Waals surface area contributed by atoms with Crippen molar-refractivity contribution in [3.8, 4) is 0 Å². The van der Waals surface area contributed by atoms with E-state index in [9.17, 15) is 8.42 Å². The van der Waals surface area contributed by atoms with E-state index in [2.05, 4.69) is 36.1 Å². The van der Waals surface area contributed by atoms with Gasteiger partial charge in [-0.3, -0.25) is 4.90 Å². The fraction of sp³-hybridized carbons (Fsp3) is 0.400. The topological polar surface area (TPSA) is 40.6 Å². The molecule has 0 bridgehead atoms. The Labute approximate surface area is 151 Å². The molecule has 3 rings (SSSR count). The van der Waals surface area contributed by atoms with Gasteiger partial charge in [-0.05, 0) is 36.1 Å². The molecule has 2 aromatic carbocycles. The highest BCUT2D eigenvalue weighted by Crippen LogP contribution is 2.18. The molecule has 1 aliphatic heterocycles. The molecule has 1 aliphatic rings. The summed E-state index contributed by atoms with van der Waals surface area (Å²) >= 11 is 0. The zero-order valence-electron chi connectivity index (χ0n) is 15.0. The Hall–Kier alpha value is -1.69. The second-order valence-corrected chi connectivity index (χ2v) is 8.75. The summed E-state index contributed by atoms with van der Waals surface area (Å²) in [7, 11) is -3.26. The van der Waals surface area contributed by atoms with Crippen molar-refractivity contribution >= 4 is 10.0 Å². The van der Waals surface area contributed by atoms with Crippen molar-refractivity contribution in [3.05, 3.63) is 70.8 Å². The third-order valence-corrected chi connectivity index (χ3v) is 6.81. The van der Waals surface area contributed by atoms with E-state index < -0.39 is 10.0 Å². The third kappa shape index (κ3) is 4.48. The number of piperazine rings is 1. The molecule has 134 valence electrons. The molecular weight excluding hydrogens is 332 g/mol. The van der Waals surface area contributed by atoms with Gasteiger partial charge in [-0.15, -0.1) is 0 Å². The standard InChI is InChI=1S/C20H26N2O2S/c1-17-7-3-5-9-19(17)15-21-11-13-22(14-12-21)25(23,24)16-20-10-6-4-8-18(20)2/h3-10H,11-16H2,1-2H3. The van der Waals surface area contributed by atoms with Crippen molar-refractivity contribution in [1.82, 2.24) is 9.21 Å². The van der Waals surface area contributed by atoms with Gasteiger partial charge in [0.05, 0.1) is 5.75 Å². The minimum absolute atomic E-state index is 0.0947. The maximum absolute atomic E-state index is 12.7. The Kier molecular flexibility index (Phi) is 5.57. The van der Waals surface area contributed by atoms with Gasteiger partial charge in [-0.2, -0.15) is 4.31 Å². The van der Waals surface area contributed by atoms with Crippen molar-refractivity contribution in [3.63, 3.8) is 0 Å². The minimum atomic E-state index is -3.26. The van der Waals surface area contributed by atoms with Crippen LogP contribution in [0.25, 0.3) is 0 Å². The van der Waals surface area contributed by atoms with E-state index in [4.69, 9.17) is 0 Å². The molecule has 1 fully saturated rings. The summed E-state index contributed by atoms with van der Waals surface area (Å²) in [5.74, 6) is 0.0947. The van der Waals surface area contributed by atoms with Gasteiger partial charge in [0.1, 0.15) is 0 Å². The maximum atomic E-state index is 12.7. The predicted molar refractivity (Wildman–Crippen MR) is 102 cm³/mol. The second-order valence-electron chi connectivity index (χ2n) is 6.78. The van der Waals surface area contributed by atoms with Gasteiger partial charge in [0.25, 0.3) is 0 Å². The van der Waals surface area contributed by atoms with E-state index in [1.54, 1.807) is 4.31 Å². The Bertz CT molecular complexity index is 825. The summed E-state index contributed by atoms with van der Waals surface area (Å²) in [6.45, 7) is 7.67. The molecule has 1 heterocycles. The van der Waals surface area contributed by atoms with E-state index in [0.717, 1.165) is 30.8 Å². The number of hydrogen-bond donors (Lipinski definition) is 0. The first-order chi connectivity index (χ1) is 12.0. The van der Waals surface area contributed by atoms with Crippen LogP contribution in [0.5, 0.6) is 0 Å². The van der Waals surface area contributed by atoms with Crippen LogP contribution in [0.4, 0.5) is 0 Å². The van der Waals surface area contributed by atoms with Crippen molar-refractivity contribution in [2.45, 2.75) is 26.1 Å². The minimum Gasteiger partial charge on any atom is -0.296 e. The molecule has 0 aliphatic carbocycles. The molecule has 1 saturated heterocycles. The summed E-state index contributed by atoms with van der Waals surface area (Å²) in [5, 5.41) is 0. The predicted octanol–water partition coefficient (Wildman–Crippen LogP) is 2.95. The van der Waals surface area contributed by atoms with Gasteiger partial charge in [0.2, 0.25) is 10.0 Å². The summed E-state index contributed by atoms with van der Waals surface area (Å²) in [6.07, 6.45) is 0. The van der Waals surface area contributed by atoms with Gasteiger partial charge in [0.15, 0.2) is 0 Å². The molecule has 0 amide bonds. The van der Waals surface area contributed by atoms with Crippen LogP contribution in [0.15, 0.2) is 48.5 Å². The molecule has 4 nitrogen and oxygen atoms in total. The molecule has 0 atom stereocenters. The molecule has 2 aromatic rings. The van der Waals surface area contributed by atoms with E-state index in [-0.39, 0.29) is 5.75 Å². The monoisotopic (exact) mass is 358 g/mol. The third-order valence-electron chi connectivity index (χ3n) is 4.98. The van der Waals surface area contributed by atoms with Crippen LogP contribution in [0.2, 0.25) is 0 Å². The van der Waals surface area contributed by atoms with Gasteiger partial charge in [0, 0.05) is 32.7 Å². The van der Waals surface area contributed by atoms with Gasteiger partial charge < -0.3 is 0 Å². The van der Waals surface area contributed by atoms with Crippen LogP contribution in [0, 0.1) is 13.8 Å². The zero-order valence-corrected chi connectivity index (χ0v) is 15.8. The van der Waals surface area contributed by atoms with Gasteiger partial charge in [-0.1, -0.05) is 48.5 Å². The number of hydrogen-bond acceptors (Lipinski definition) is 3. The Balaban J connectivity index is 1.60. The first-order valence-electron chi connectivity index (χ1n) is 8.75. The van der Waals surface area contributed by atoms with E-state index in [1.807, 2.05) is 31.2 Å². The highest BCUT2D eigenvalue weighted by molar-refractivity contribution is 7.88. The number of aryl methyl sites for hydroxylation is 2. The quantitative estimate of drug-likeness (QED) is 0.825. The van der Waals surface area contributed by atoms with Crippen molar-refractivity contribution in [2.24, 2.45) is 0 Å². The lowest BCUT2D eigenvalue weighted by atomic mass is 10.1. The molecule has 5 heteroatoms. The second kappa shape index (κ2) is 7.68. The number of benzene rings is 2. The highest BCUT2D eigenvalue weighted by Gasteiger charge is 2.27. The van der Waals surface area contributed by atoms with Crippen molar-refractivity contribution in [2.75, 3.05) is 26.2 Å². The smallest absolute Gasteiger partial charge is 0.218 e. The van der Waals surface area contributed by atoms with Crippen LogP contribution >= 0.6 is 0 Å². The van der Waals surface area contributed by atoms with Gasteiger partial charge >= 0.3 is 0 Å². The number of nitrogens with zero attached hydrogens (tertiary/aromatic N) is 2. The molecule has 0 spiro atoms.